The van der Waals surface area contributed by atoms with Gasteiger partial charge < -0.3 is 19.7 Å². The van der Waals surface area contributed by atoms with E-state index in [0.29, 0.717) is 26.2 Å². The smallest absolute Gasteiger partial charge is 0.334 e. The van der Waals surface area contributed by atoms with E-state index < -0.39 is 18.2 Å². The van der Waals surface area contributed by atoms with Crippen molar-refractivity contribution in [2.75, 3.05) is 32.8 Å². The van der Waals surface area contributed by atoms with Gasteiger partial charge in [0.05, 0.1) is 25.4 Å². The normalized spacial score (nSPS) is 23.9. The van der Waals surface area contributed by atoms with Gasteiger partial charge in [-0.25, -0.2) is 4.79 Å². The Hall–Kier alpha value is -0.690. The van der Waals surface area contributed by atoms with E-state index in [2.05, 4.69) is 0 Å². The monoisotopic (exact) mass is 247 g/mol. The number of nitrogens with zero attached hydrogens (tertiary/aromatic N) is 1. The summed E-state index contributed by atoms with van der Waals surface area (Å²) in [7, 11) is 0. The van der Waals surface area contributed by atoms with Crippen molar-refractivity contribution in [3.05, 3.63) is 0 Å². The molecule has 2 atom stereocenters. The largest absolute Gasteiger partial charge is 0.479 e. The van der Waals surface area contributed by atoms with Crippen molar-refractivity contribution in [2.24, 2.45) is 0 Å². The van der Waals surface area contributed by atoms with Gasteiger partial charge in [-0.05, 0) is 13.8 Å². The Morgan fingerprint density at radius 2 is 2.29 bits per heavy atom. The zero-order valence-corrected chi connectivity index (χ0v) is 10.3. The van der Waals surface area contributed by atoms with Crippen LogP contribution in [0.4, 0.5) is 0 Å². The molecule has 2 unspecified atom stereocenters. The summed E-state index contributed by atoms with van der Waals surface area (Å²) in [5, 5.41) is 18.5. The summed E-state index contributed by atoms with van der Waals surface area (Å²) in [4.78, 5) is 12.6. The first-order chi connectivity index (χ1) is 7.99. The van der Waals surface area contributed by atoms with Gasteiger partial charge >= 0.3 is 5.97 Å². The number of aliphatic hydroxyl groups is 1. The molecule has 1 saturated heterocycles. The van der Waals surface area contributed by atoms with Crippen LogP contribution in [-0.4, -0.2) is 72.2 Å². The van der Waals surface area contributed by atoms with Gasteiger partial charge in [0.25, 0.3) is 0 Å². The van der Waals surface area contributed by atoms with Crippen molar-refractivity contribution >= 4 is 5.97 Å². The Balaban J connectivity index is 2.28. The zero-order valence-electron chi connectivity index (χ0n) is 10.3. The molecule has 17 heavy (non-hydrogen) atoms. The van der Waals surface area contributed by atoms with Gasteiger partial charge in [-0.15, -0.1) is 0 Å². The molecule has 1 heterocycles. The number of hydrogen-bond donors (Lipinski definition) is 2. The maximum atomic E-state index is 10.8. The minimum Gasteiger partial charge on any atom is -0.479 e. The molecule has 1 rings (SSSR count). The Labute approximate surface area is 101 Å². The number of rotatable bonds is 6. The predicted molar refractivity (Wildman–Crippen MR) is 60.9 cm³/mol. The summed E-state index contributed by atoms with van der Waals surface area (Å²) in [6.45, 7) is 5.84. The maximum absolute atomic E-state index is 10.8. The van der Waals surface area contributed by atoms with Gasteiger partial charge in [0.15, 0.2) is 6.10 Å². The first kappa shape index (κ1) is 14.4. The van der Waals surface area contributed by atoms with E-state index in [9.17, 15) is 9.90 Å². The Kier molecular flexibility index (Phi) is 5.84. The van der Waals surface area contributed by atoms with Gasteiger partial charge in [0, 0.05) is 19.6 Å². The molecule has 1 aliphatic heterocycles. The third-order valence-electron chi connectivity index (χ3n) is 2.52. The molecule has 6 heteroatoms. The van der Waals surface area contributed by atoms with Crippen LogP contribution in [0.3, 0.4) is 0 Å². The highest BCUT2D eigenvalue weighted by Crippen LogP contribution is 2.06. The lowest BCUT2D eigenvalue weighted by atomic mass is 10.2. The minimum absolute atomic E-state index is 0.0844. The van der Waals surface area contributed by atoms with E-state index in [1.807, 2.05) is 18.7 Å². The summed E-state index contributed by atoms with van der Waals surface area (Å²) >= 11 is 0. The van der Waals surface area contributed by atoms with Crippen molar-refractivity contribution in [3.63, 3.8) is 0 Å². The number of ether oxygens (including phenoxy) is 2. The minimum atomic E-state index is -0.956. The highest BCUT2D eigenvalue weighted by atomic mass is 16.5. The molecule has 0 radical (unpaired) electrons. The molecule has 100 valence electrons. The third kappa shape index (κ3) is 5.45. The summed E-state index contributed by atoms with van der Waals surface area (Å²) in [5.41, 5.74) is 0. The fourth-order valence-corrected chi connectivity index (χ4v) is 1.67. The molecule has 6 nitrogen and oxygen atoms in total. The molecule has 1 aliphatic rings. The summed E-state index contributed by atoms with van der Waals surface area (Å²) in [5.74, 6) is -0.956. The van der Waals surface area contributed by atoms with E-state index in [1.54, 1.807) is 0 Å². The molecule has 0 aromatic heterocycles. The molecule has 0 spiro atoms. The molecule has 0 aromatic carbocycles. The Morgan fingerprint density at radius 1 is 1.59 bits per heavy atom. The highest BCUT2D eigenvalue weighted by Gasteiger charge is 2.27. The van der Waals surface area contributed by atoms with Crippen LogP contribution in [0.5, 0.6) is 0 Å². The number of β-amino-alcohol motifs (C(OH)–C–C–N with tert-alkyl or cyclic N) is 1. The number of carboxylic acid groups (broad SMARTS) is 1. The van der Waals surface area contributed by atoms with Gasteiger partial charge in [0.2, 0.25) is 0 Å². The quantitative estimate of drug-likeness (QED) is 0.662. The fourth-order valence-electron chi connectivity index (χ4n) is 1.67. The van der Waals surface area contributed by atoms with Gasteiger partial charge in [-0.2, -0.15) is 0 Å². The summed E-state index contributed by atoms with van der Waals surface area (Å²) in [6.07, 6.45) is -1.30. The van der Waals surface area contributed by atoms with Crippen molar-refractivity contribution in [3.8, 4) is 0 Å². The number of aliphatic carboxylic acids is 1. The summed E-state index contributed by atoms with van der Waals surface area (Å²) in [6, 6.07) is 0. The molecular formula is C11H21NO5. The first-order valence-electron chi connectivity index (χ1n) is 5.85. The molecule has 2 N–H and O–H groups in total. The molecule has 0 bridgehead atoms. The number of hydrogen-bond acceptors (Lipinski definition) is 5. The van der Waals surface area contributed by atoms with Crippen LogP contribution >= 0.6 is 0 Å². The Bertz CT molecular complexity index is 246. The van der Waals surface area contributed by atoms with Crippen LogP contribution in [0.2, 0.25) is 0 Å². The lowest BCUT2D eigenvalue weighted by Gasteiger charge is -2.32. The molecule has 0 saturated carbocycles. The molecule has 0 aliphatic carbocycles. The van der Waals surface area contributed by atoms with E-state index >= 15 is 0 Å². The topological polar surface area (TPSA) is 79.2 Å². The Morgan fingerprint density at radius 3 is 2.88 bits per heavy atom. The summed E-state index contributed by atoms with van der Waals surface area (Å²) < 4.78 is 10.4. The van der Waals surface area contributed by atoms with Crippen LogP contribution in [-0.2, 0) is 14.3 Å². The number of carbonyl (C=O) groups is 1. The highest BCUT2D eigenvalue weighted by molar-refractivity contribution is 5.72. The van der Waals surface area contributed by atoms with Crippen molar-refractivity contribution < 1.29 is 24.5 Å². The molecule has 0 aromatic rings. The van der Waals surface area contributed by atoms with Crippen molar-refractivity contribution in [1.82, 2.24) is 4.90 Å². The molecule has 0 amide bonds. The number of morpholine rings is 1. The van der Waals surface area contributed by atoms with E-state index in [1.165, 1.54) is 0 Å². The van der Waals surface area contributed by atoms with Gasteiger partial charge in [0.1, 0.15) is 0 Å². The zero-order chi connectivity index (χ0) is 12.8. The van der Waals surface area contributed by atoms with Crippen LogP contribution in [0.15, 0.2) is 0 Å². The SMILES string of the molecule is CC(C)OCC(O)CN1CCOC(C(=O)O)C1. The average Bonchev–Trinajstić information content (AvgIpc) is 2.26. The van der Waals surface area contributed by atoms with Crippen LogP contribution in [0.1, 0.15) is 13.8 Å². The molecule has 1 fully saturated rings. The fraction of sp³-hybridized carbons (Fsp3) is 0.909. The average molecular weight is 247 g/mol. The van der Waals surface area contributed by atoms with Gasteiger partial charge in [-0.1, -0.05) is 0 Å². The third-order valence-corrected chi connectivity index (χ3v) is 2.52. The van der Waals surface area contributed by atoms with Crippen molar-refractivity contribution in [2.45, 2.75) is 32.2 Å². The lowest BCUT2D eigenvalue weighted by molar-refractivity contribution is -0.156. The van der Waals surface area contributed by atoms with E-state index in [0.717, 1.165) is 0 Å². The standard InChI is InChI=1S/C11H21NO5/c1-8(2)17-7-9(13)5-12-3-4-16-10(6-12)11(14)15/h8-10,13H,3-7H2,1-2H3,(H,14,15). The second-order valence-electron chi connectivity index (χ2n) is 4.49. The van der Waals surface area contributed by atoms with Crippen LogP contribution < -0.4 is 0 Å². The number of carboxylic acids is 1. The predicted octanol–water partition coefficient (Wildman–Crippen LogP) is -0.442. The number of aliphatic hydroxyl groups excluding tert-OH is 1. The van der Waals surface area contributed by atoms with Gasteiger partial charge in [-0.3, -0.25) is 4.90 Å². The van der Waals surface area contributed by atoms with Crippen molar-refractivity contribution in [1.29, 1.82) is 0 Å². The first-order valence-corrected chi connectivity index (χ1v) is 5.85. The van der Waals surface area contributed by atoms with Crippen LogP contribution in [0, 0.1) is 0 Å². The second-order valence-corrected chi connectivity index (χ2v) is 4.49. The second kappa shape index (κ2) is 6.90. The maximum Gasteiger partial charge on any atom is 0.334 e. The van der Waals surface area contributed by atoms with E-state index in [4.69, 9.17) is 14.6 Å². The lowest BCUT2D eigenvalue weighted by Crippen LogP contribution is -2.49. The van der Waals surface area contributed by atoms with E-state index in [-0.39, 0.29) is 12.7 Å². The van der Waals surface area contributed by atoms with Crippen LogP contribution in [0.25, 0.3) is 0 Å². The molecular weight excluding hydrogens is 226 g/mol.